The van der Waals surface area contributed by atoms with Crippen molar-refractivity contribution in [3.8, 4) is 11.6 Å². The summed E-state index contributed by atoms with van der Waals surface area (Å²) in [5.41, 5.74) is 0.799. The summed E-state index contributed by atoms with van der Waals surface area (Å²) in [6.45, 7) is 0. The minimum absolute atomic E-state index is 0.443. The SMILES string of the molecule is Cn1nccc1-c1nc(Br)no1. The Kier molecular flexibility index (Phi) is 1.69. The summed E-state index contributed by atoms with van der Waals surface area (Å²) in [6.07, 6.45) is 1.67. The number of nitrogens with zero attached hydrogens (tertiary/aromatic N) is 4. The molecule has 2 aromatic heterocycles. The molecule has 0 radical (unpaired) electrons. The summed E-state index contributed by atoms with van der Waals surface area (Å²) >= 11 is 3.10. The Labute approximate surface area is 76.5 Å². The highest BCUT2D eigenvalue weighted by Gasteiger charge is 2.09. The zero-order valence-electron chi connectivity index (χ0n) is 6.23. The Hall–Kier alpha value is -1.17. The lowest BCUT2D eigenvalue weighted by Gasteiger charge is -1.92. The number of halogens is 1. The molecule has 2 aromatic rings. The van der Waals surface area contributed by atoms with E-state index in [1.165, 1.54) is 0 Å². The monoisotopic (exact) mass is 228 g/mol. The van der Waals surface area contributed by atoms with Crippen LogP contribution in [0.15, 0.2) is 21.5 Å². The van der Waals surface area contributed by atoms with E-state index in [2.05, 4.69) is 31.2 Å². The van der Waals surface area contributed by atoms with Gasteiger partial charge in [0.2, 0.25) is 4.73 Å². The number of hydrogen-bond acceptors (Lipinski definition) is 4. The van der Waals surface area contributed by atoms with Gasteiger partial charge in [0.05, 0.1) is 0 Å². The van der Waals surface area contributed by atoms with Crippen molar-refractivity contribution in [2.24, 2.45) is 7.05 Å². The lowest BCUT2D eigenvalue weighted by Crippen LogP contribution is -1.92. The highest BCUT2D eigenvalue weighted by Crippen LogP contribution is 2.16. The molecule has 0 atom stereocenters. The van der Waals surface area contributed by atoms with Gasteiger partial charge < -0.3 is 4.52 Å². The van der Waals surface area contributed by atoms with E-state index >= 15 is 0 Å². The first-order valence-corrected chi connectivity index (χ1v) is 4.04. The molecule has 0 aliphatic carbocycles. The van der Waals surface area contributed by atoms with E-state index in [1.807, 2.05) is 7.05 Å². The molecule has 0 aliphatic rings. The molecule has 0 saturated carbocycles. The highest BCUT2D eigenvalue weighted by atomic mass is 79.9. The molecule has 0 saturated heterocycles. The van der Waals surface area contributed by atoms with E-state index < -0.39 is 0 Å². The molecular formula is C6H5BrN4O. The van der Waals surface area contributed by atoms with Gasteiger partial charge in [-0.1, -0.05) is 0 Å². The van der Waals surface area contributed by atoms with Gasteiger partial charge in [-0.05, 0) is 27.2 Å². The summed E-state index contributed by atoms with van der Waals surface area (Å²) in [4.78, 5) is 3.99. The van der Waals surface area contributed by atoms with E-state index in [0.29, 0.717) is 10.6 Å². The second-order valence-corrected chi connectivity index (χ2v) is 2.92. The van der Waals surface area contributed by atoms with Crippen molar-refractivity contribution < 1.29 is 4.52 Å². The van der Waals surface area contributed by atoms with Gasteiger partial charge in [-0.15, -0.1) is 0 Å². The van der Waals surface area contributed by atoms with Crippen molar-refractivity contribution in [2.75, 3.05) is 0 Å². The average molecular weight is 229 g/mol. The summed E-state index contributed by atoms with van der Waals surface area (Å²) in [7, 11) is 1.81. The summed E-state index contributed by atoms with van der Waals surface area (Å²) in [6, 6.07) is 1.81. The zero-order valence-corrected chi connectivity index (χ0v) is 7.82. The highest BCUT2D eigenvalue weighted by molar-refractivity contribution is 9.10. The van der Waals surface area contributed by atoms with Crippen LogP contribution >= 0.6 is 15.9 Å². The number of hydrogen-bond donors (Lipinski definition) is 0. The van der Waals surface area contributed by atoms with Crippen LogP contribution < -0.4 is 0 Å². The van der Waals surface area contributed by atoms with Gasteiger partial charge in [0, 0.05) is 13.2 Å². The molecule has 6 heteroatoms. The average Bonchev–Trinajstić information content (AvgIpc) is 2.58. The molecule has 0 N–H and O–H groups in total. The van der Waals surface area contributed by atoms with Gasteiger partial charge in [-0.2, -0.15) is 10.1 Å². The van der Waals surface area contributed by atoms with Crippen molar-refractivity contribution in [2.45, 2.75) is 0 Å². The largest absolute Gasteiger partial charge is 0.331 e. The van der Waals surface area contributed by atoms with Crippen molar-refractivity contribution in [1.29, 1.82) is 0 Å². The molecule has 0 aromatic carbocycles. The lowest BCUT2D eigenvalue weighted by molar-refractivity contribution is 0.423. The molecule has 0 spiro atoms. The molecule has 2 rings (SSSR count). The fraction of sp³-hybridized carbons (Fsp3) is 0.167. The van der Waals surface area contributed by atoms with Crippen LogP contribution in [0.3, 0.4) is 0 Å². The van der Waals surface area contributed by atoms with Crippen LogP contribution in [-0.2, 0) is 7.05 Å². The lowest BCUT2D eigenvalue weighted by atomic mass is 10.4. The van der Waals surface area contributed by atoms with E-state index in [-0.39, 0.29) is 0 Å². The Morgan fingerprint density at radius 2 is 2.42 bits per heavy atom. The van der Waals surface area contributed by atoms with Gasteiger partial charge in [0.25, 0.3) is 5.89 Å². The van der Waals surface area contributed by atoms with Gasteiger partial charge in [0.1, 0.15) is 5.69 Å². The quantitative estimate of drug-likeness (QED) is 0.737. The molecule has 2 heterocycles. The second kappa shape index (κ2) is 2.71. The molecule has 0 unspecified atom stereocenters. The van der Waals surface area contributed by atoms with Gasteiger partial charge in [-0.25, -0.2) is 0 Å². The van der Waals surface area contributed by atoms with Crippen LogP contribution in [0.1, 0.15) is 0 Å². The Bertz CT molecular complexity index is 394. The minimum Gasteiger partial charge on any atom is -0.331 e. The molecular weight excluding hydrogens is 224 g/mol. The number of aromatic nitrogens is 4. The first-order chi connectivity index (χ1) is 5.77. The molecule has 0 amide bonds. The van der Waals surface area contributed by atoms with Crippen LogP contribution in [0.25, 0.3) is 11.6 Å². The number of aryl methyl sites for hydroxylation is 1. The van der Waals surface area contributed by atoms with E-state index in [9.17, 15) is 0 Å². The fourth-order valence-electron chi connectivity index (χ4n) is 0.893. The van der Waals surface area contributed by atoms with Crippen LogP contribution in [0.4, 0.5) is 0 Å². The first kappa shape index (κ1) is 7.48. The van der Waals surface area contributed by atoms with Gasteiger partial charge in [0.15, 0.2) is 0 Å². The molecule has 62 valence electrons. The van der Waals surface area contributed by atoms with Gasteiger partial charge in [-0.3, -0.25) is 4.68 Å². The van der Waals surface area contributed by atoms with Crippen LogP contribution in [0.2, 0.25) is 0 Å². The van der Waals surface area contributed by atoms with E-state index in [4.69, 9.17) is 4.52 Å². The second-order valence-electron chi connectivity index (χ2n) is 2.21. The molecule has 0 aliphatic heterocycles. The van der Waals surface area contributed by atoms with Crippen molar-refractivity contribution >= 4 is 15.9 Å². The summed E-state index contributed by atoms with van der Waals surface area (Å²) in [5, 5.41) is 7.58. The fourth-order valence-corrected chi connectivity index (χ4v) is 1.13. The Morgan fingerprint density at radius 3 is 2.92 bits per heavy atom. The maximum atomic E-state index is 4.92. The topological polar surface area (TPSA) is 56.7 Å². The smallest absolute Gasteiger partial charge is 0.276 e. The van der Waals surface area contributed by atoms with E-state index in [0.717, 1.165) is 5.69 Å². The predicted molar refractivity (Wildman–Crippen MR) is 44.2 cm³/mol. The summed E-state index contributed by atoms with van der Waals surface area (Å²) in [5.74, 6) is 0.460. The maximum Gasteiger partial charge on any atom is 0.276 e. The predicted octanol–water partition coefficient (Wildman–Crippen LogP) is 1.23. The van der Waals surface area contributed by atoms with Crippen LogP contribution in [-0.4, -0.2) is 19.9 Å². The van der Waals surface area contributed by atoms with Gasteiger partial charge >= 0.3 is 0 Å². The number of rotatable bonds is 1. The minimum atomic E-state index is 0.443. The summed E-state index contributed by atoms with van der Waals surface area (Å²) < 4.78 is 7.03. The van der Waals surface area contributed by atoms with Crippen molar-refractivity contribution in [1.82, 2.24) is 19.9 Å². The maximum absolute atomic E-state index is 4.92. The Balaban J connectivity index is 2.50. The molecule has 5 nitrogen and oxygen atoms in total. The molecule has 12 heavy (non-hydrogen) atoms. The van der Waals surface area contributed by atoms with E-state index in [1.54, 1.807) is 16.9 Å². The zero-order chi connectivity index (χ0) is 8.55. The molecule has 0 fully saturated rings. The third kappa shape index (κ3) is 1.14. The van der Waals surface area contributed by atoms with Crippen molar-refractivity contribution in [3.05, 3.63) is 17.0 Å². The normalized spacial score (nSPS) is 10.5. The van der Waals surface area contributed by atoms with Crippen LogP contribution in [0.5, 0.6) is 0 Å². The third-order valence-electron chi connectivity index (χ3n) is 1.44. The molecule has 0 bridgehead atoms. The standard InChI is InChI=1S/C6H5BrN4O/c1-11-4(2-3-8-11)5-9-6(7)10-12-5/h2-3H,1H3. The van der Waals surface area contributed by atoms with Crippen molar-refractivity contribution in [3.63, 3.8) is 0 Å². The Morgan fingerprint density at radius 1 is 1.58 bits per heavy atom. The first-order valence-electron chi connectivity index (χ1n) is 3.25. The van der Waals surface area contributed by atoms with Crippen LogP contribution in [0, 0.1) is 0 Å². The third-order valence-corrected chi connectivity index (χ3v) is 1.76.